The van der Waals surface area contributed by atoms with Crippen molar-refractivity contribution in [1.29, 1.82) is 0 Å². The molecular formula is C13H12N4OS. The molecule has 0 atom stereocenters. The van der Waals surface area contributed by atoms with Crippen LogP contribution in [0.4, 0.5) is 5.82 Å². The molecule has 0 spiro atoms. The molecule has 2 heterocycles. The molecule has 0 radical (unpaired) electrons. The first kappa shape index (κ1) is 12.0. The Morgan fingerprint density at radius 2 is 2.11 bits per heavy atom. The third kappa shape index (κ3) is 2.53. The van der Waals surface area contributed by atoms with Gasteiger partial charge in [-0.1, -0.05) is 30.0 Å². The average molecular weight is 272 g/mol. The van der Waals surface area contributed by atoms with Crippen LogP contribution in [0.15, 0.2) is 40.0 Å². The molecule has 19 heavy (non-hydrogen) atoms. The van der Waals surface area contributed by atoms with Gasteiger partial charge in [0.15, 0.2) is 0 Å². The Morgan fingerprint density at radius 3 is 2.89 bits per heavy atom. The molecule has 5 nitrogen and oxygen atoms in total. The van der Waals surface area contributed by atoms with Crippen LogP contribution in [0.5, 0.6) is 0 Å². The molecule has 0 unspecified atom stereocenters. The van der Waals surface area contributed by atoms with Crippen molar-refractivity contribution in [3.05, 3.63) is 41.8 Å². The van der Waals surface area contributed by atoms with Crippen LogP contribution in [-0.4, -0.2) is 15.2 Å². The number of rotatable bonds is 3. The van der Waals surface area contributed by atoms with Crippen molar-refractivity contribution >= 4 is 28.5 Å². The van der Waals surface area contributed by atoms with E-state index in [0.717, 1.165) is 16.5 Å². The maximum atomic E-state index is 5.96. The summed E-state index contributed by atoms with van der Waals surface area (Å²) in [6.07, 6.45) is 0. The Kier molecular flexibility index (Phi) is 3.08. The largest absolute Gasteiger partial charge is 0.416 e. The number of aromatic nitrogens is 3. The molecule has 0 aliphatic heterocycles. The average Bonchev–Trinajstić information content (AvgIpc) is 2.82. The molecule has 2 aromatic heterocycles. The van der Waals surface area contributed by atoms with E-state index < -0.39 is 0 Å². The van der Waals surface area contributed by atoms with Gasteiger partial charge in [-0.05, 0) is 12.1 Å². The first-order chi connectivity index (χ1) is 9.22. The molecule has 2 N–H and O–H groups in total. The molecule has 0 bridgehead atoms. The van der Waals surface area contributed by atoms with Crippen LogP contribution < -0.4 is 5.73 Å². The van der Waals surface area contributed by atoms with E-state index in [0.29, 0.717) is 22.7 Å². The third-order valence-electron chi connectivity index (χ3n) is 2.70. The highest BCUT2D eigenvalue weighted by Crippen LogP contribution is 2.26. The van der Waals surface area contributed by atoms with Crippen molar-refractivity contribution in [2.24, 2.45) is 0 Å². The zero-order valence-corrected chi connectivity index (χ0v) is 11.1. The summed E-state index contributed by atoms with van der Waals surface area (Å²) < 4.78 is 5.31. The van der Waals surface area contributed by atoms with Gasteiger partial charge in [-0.15, -0.1) is 10.2 Å². The van der Waals surface area contributed by atoms with Crippen molar-refractivity contribution in [2.75, 3.05) is 5.73 Å². The van der Waals surface area contributed by atoms with E-state index in [2.05, 4.69) is 15.2 Å². The number of para-hydroxylation sites is 1. The van der Waals surface area contributed by atoms with Gasteiger partial charge < -0.3 is 10.2 Å². The summed E-state index contributed by atoms with van der Waals surface area (Å²) in [7, 11) is 0. The second-order valence-electron chi connectivity index (χ2n) is 4.10. The number of thioether (sulfide) groups is 1. The predicted molar refractivity (Wildman–Crippen MR) is 74.8 cm³/mol. The number of fused-ring (bicyclic) bond motifs is 1. The summed E-state index contributed by atoms with van der Waals surface area (Å²) in [5, 5.41) is 9.35. The van der Waals surface area contributed by atoms with Gasteiger partial charge >= 0.3 is 0 Å². The fourth-order valence-electron chi connectivity index (χ4n) is 1.77. The summed E-state index contributed by atoms with van der Waals surface area (Å²) >= 11 is 1.46. The van der Waals surface area contributed by atoms with Gasteiger partial charge in [0.2, 0.25) is 5.89 Å². The van der Waals surface area contributed by atoms with Crippen LogP contribution in [-0.2, 0) is 5.75 Å². The van der Waals surface area contributed by atoms with E-state index in [4.69, 9.17) is 10.2 Å². The smallest absolute Gasteiger partial charge is 0.276 e. The molecule has 3 aromatic rings. The van der Waals surface area contributed by atoms with Gasteiger partial charge in [-0.2, -0.15) is 0 Å². The van der Waals surface area contributed by atoms with E-state index in [1.807, 2.05) is 30.3 Å². The molecule has 0 aliphatic carbocycles. The van der Waals surface area contributed by atoms with Crippen molar-refractivity contribution in [3.8, 4) is 0 Å². The number of pyridine rings is 1. The Morgan fingerprint density at radius 1 is 1.26 bits per heavy atom. The van der Waals surface area contributed by atoms with E-state index in [-0.39, 0.29) is 0 Å². The van der Waals surface area contributed by atoms with Gasteiger partial charge in [0.25, 0.3) is 5.22 Å². The second kappa shape index (κ2) is 4.89. The van der Waals surface area contributed by atoms with Gasteiger partial charge in [-0.3, -0.25) is 0 Å². The van der Waals surface area contributed by atoms with E-state index >= 15 is 0 Å². The van der Waals surface area contributed by atoms with E-state index in [9.17, 15) is 0 Å². The zero-order valence-electron chi connectivity index (χ0n) is 10.3. The first-order valence-electron chi connectivity index (χ1n) is 5.79. The summed E-state index contributed by atoms with van der Waals surface area (Å²) in [4.78, 5) is 4.39. The van der Waals surface area contributed by atoms with Gasteiger partial charge in [0.05, 0.1) is 5.52 Å². The maximum Gasteiger partial charge on any atom is 0.276 e. The Labute approximate surface area is 114 Å². The molecule has 3 rings (SSSR count). The topological polar surface area (TPSA) is 77.8 Å². The number of nitrogens with two attached hydrogens (primary N) is 1. The minimum atomic E-state index is 0.544. The summed E-state index contributed by atoms with van der Waals surface area (Å²) in [5.74, 6) is 1.76. The van der Waals surface area contributed by atoms with Crippen LogP contribution in [0.2, 0.25) is 0 Å². The predicted octanol–water partition coefficient (Wildman–Crippen LogP) is 2.80. The molecule has 0 amide bonds. The monoisotopic (exact) mass is 272 g/mol. The third-order valence-corrected chi connectivity index (χ3v) is 3.56. The lowest BCUT2D eigenvalue weighted by Crippen LogP contribution is -1.97. The molecule has 0 fully saturated rings. The molecule has 0 aliphatic rings. The molecule has 0 saturated carbocycles. The summed E-state index contributed by atoms with van der Waals surface area (Å²) in [5.41, 5.74) is 7.84. The van der Waals surface area contributed by atoms with Gasteiger partial charge in [0, 0.05) is 23.6 Å². The zero-order chi connectivity index (χ0) is 13.2. The maximum absolute atomic E-state index is 5.96. The minimum Gasteiger partial charge on any atom is -0.416 e. The van der Waals surface area contributed by atoms with Crippen LogP contribution >= 0.6 is 11.8 Å². The fraction of sp³-hybridized carbons (Fsp3) is 0.154. The lowest BCUT2D eigenvalue weighted by Gasteiger charge is -2.05. The quantitative estimate of drug-likeness (QED) is 0.739. The molecule has 1 aromatic carbocycles. The standard InChI is InChI=1S/C13H12N4OS/c1-8-16-17-13(18-8)19-7-10-6-9-4-2-3-5-11(9)15-12(10)14/h2-6H,7H2,1H3,(H2,14,15). The van der Waals surface area contributed by atoms with Crippen molar-refractivity contribution in [1.82, 2.24) is 15.2 Å². The number of hydrogen-bond acceptors (Lipinski definition) is 6. The Balaban J connectivity index is 1.86. The van der Waals surface area contributed by atoms with E-state index in [1.165, 1.54) is 11.8 Å². The number of hydrogen-bond donors (Lipinski definition) is 1. The fourth-order valence-corrected chi connectivity index (χ4v) is 2.55. The Bertz CT molecular complexity index is 725. The summed E-state index contributed by atoms with van der Waals surface area (Å²) in [6, 6.07) is 9.95. The second-order valence-corrected chi connectivity index (χ2v) is 5.03. The van der Waals surface area contributed by atoms with Crippen molar-refractivity contribution in [2.45, 2.75) is 17.9 Å². The summed E-state index contributed by atoms with van der Waals surface area (Å²) in [6.45, 7) is 1.77. The van der Waals surface area contributed by atoms with Gasteiger partial charge in [0.1, 0.15) is 5.82 Å². The van der Waals surface area contributed by atoms with Crippen molar-refractivity contribution < 1.29 is 4.42 Å². The first-order valence-corrected chi connectivity index (χ1v) is 6.78. The highest BCUT2D eigenvalue weighted by atomic mass is 32.2. The minimum absolute atomic E-state index is 0.544. The number of aryl methyl sites for hydroxylation is 1. The lowest BCUT2D eigenvalue weighted by atomic mass is 10.1. The molecular weight excluding hydrogens is 260 g/mol. The highest BCUT2D eigenvalue weighted by molar-refractivity contribution is 7.98. The van der Waals surface area contributed by atoms with Crippen molar-refractivity contribution in [3.63, 3.8) is 0 Å². The number of nitrogens with zero attached hydrogens (tertiary/aromatic N) is 3. The highest BCUT2D eigenvalue weighted by Gasteiger charge is 2.08. The lowest BCUT2D eigenvalue weighted by molar-refractivity contribution is 0.429. The number of benzene rings is 1. The molecule has 6 heteroatoms. The van der Waals surface area contributed by atoms with Crippen LogP contribution in [0.25, 0.3) is 10.9 Å². The normalized spacial score (nSPS) is 11.0. The molecule has 0 saturated heterocycles. The van der Waals surface area contributed by atoms with Gasteiger partial charge in [-0.25, -0.2) is 4.98 Å². The van der Waals surface area contributed by atoms with Crippen LogP contribution in [0.3, 0.4) is 0 Å². The Hall–Kier alpha value is -2.08. The number of nitrogen functional groups attached to an aromatic ring is 1. The SMILES string of the molecule is Cc1nnc(SCc2cc3ccccc3nc2N)o1. The molecule has 96 valence electrons. The van der Waals surface area contributed by atoms with Crippen LogP contribution in [0, 0.1) is 6.92 Å². The van der Waals surface area contributed by atoms with E-state index in [1.54, 1.807) is 6.92 Å². The van der Waals surface area contributed by atoms with Crippen LogP contribution in [0.1, 0.15) is 11.5 Å². The number of anilines is 1.